The van der Waals surface area contributed by atoms with Crippen molar-refractivity contribution in [2.75, 3.05) is 5.73 Å². The zero-order valence-corrected chi connectivity index (χ0v) is 15.8. The van der Waals surface area contributed by atoms with Crippen LogP contribution in [0.1, 0.15) is 10.4 Å². The number of anilines is 1. The average Bonchev–Trinajstić information content (AvgIpc) is 3.30. The lowest BCUT2D eigenvalue weighted by Gasteiger charge is -2.06. The highest BCUT2D eigenvalue weighted by Gasteiger charge is 2.08. The third kappa shape index (κ3) is 4.27. The molecule has 3 aromatic heterocycles. The molecule has 0 atom stereocenters. The first-order valence-corrected chi connectivity index (χ1v) is 9.44. The number of nitrogens with two attached hydrogens (primary N) is 1. The molecule has 0 bridgehead atoms. The molecule has 0 spiro atoms. The first-order chi connectivity index (χ1) is 13.2. The van der Waals surface area contributed by atoms with Gasteiger partial charge in [-0.05, 0) is 42.0 Å². The second-order valence-electron chi connectivity index (χ2n) is 5.88. The van der Waals surface area contributed by atoms with E-state index in [1.54, 1.807) is 10.9 Å². The Balaban J connectivity index is 1.39. The fourth-order valence-electron chi connectivity index (χ4n) is 2.60. The smallest absolute Gasteiger partial charge is 0.132 e. The summed E-state index contributed by atoms with van der Waals surface area (Å²) in [5.41, 5.74) is 8.47. The molecule has 8 heteroatoms. The van der Waals surface area contributed by atoms with Gasteiger partial charge in [0.15, 0.2) is 0 Å². The molecule has 6 nitrogen and oxygen atoms in total. The summed E-state index contributed by atoms with van der Waals surface area (Å²) in [5.74, 6) is 1.25. The van der Waals surface area contributed by atoms with E-state index in [2.05, 4.69) is 15.3 Å². The van der Waals surface area contributed by atoms with Gasteiger partial charge < -0.3 is 10.5 Å². The topological polar surface area (TPSA) is 78.8 Å². The van der Waals surface area contributed by atoms with Crippen molar-refractivity contribution in [2.24, 2.45) is 0 Å². The van der Waals surface area contributed by atoms with E-state index in [1.807, 2.05) is 54.7 Å². The van der Waals surface area contributed by atoms with Crippen LogP contribution in [0.3, 0.4) is 0 Å². The van der Waals surface area contributed by atoms with Crippen LogP contribution < -0.4 is 10.5 Å². The van der Waals surface area contributed by atoms with Gasteiger partial charge in [0.25, 0.3) is 0 Å². The summed E-state index contributed by atoms with van der Waals surface area (Å²) in [7, 11) is 0. The Morgan fingerprint density at radius 1 is 1.11 bits per heavy atom. The van der Waals surface area contributed by atoms with E-state index in [-0.39, 0.29) is 0 Å². The fraction of sp³-hybridized carbons (Fsp3) is 0.105. The maximum absolute atomic E-state index is 5.93. The predicted octanol–water partition coefficient (Wildman–Crippen LogP) is 4.26. The van der Waals surface area contributed by atoms with Gasteiger partial charge in [-0.2, -0.15) is 0 Å². The molecule has 0 aliphatic carbocycles. The van der Waals surface area contributed by atoms with Gasteiger partial charge in [0.05, 0.1) is 17.1 Å². The molecule has 0 saturated carbocycles. The first kappa shape index (κ1) is 17.5. The predicted molar refractivity (Wildman–Crippen MR) is 107 cm³/mol. The monoisotopic (exact) mass is 397 g/mol. The summed E-state index contributed by atoms with van der Waals surface area (Å²) in [6.07, 6.45) is 3.51. The molecule has 2 N–H and O–H groups in total. The first-order valence-electron chi connectivity index (χ1n) is 8.24. The number of hydrogen-bond donors (Lipinski definition) is 1. The second kappa shape index (κ2) is 7.77. The van der Waals surface area contributed by atoms with Crippen LogP contribution in [0.2, 0.25) is 4.34 Å². The molecule has 1 aromatic carbocycles. The Hall–Kier alpha value is -2.90. The molecule has 4 rings (SSSR count). The number of aromatic nitrogens is 4. The van der Waals surface area contributed by atoms with Crippen LogP contribution in [0, 0.1) is 0 Å². The van der Waals surface area contributed by atoms with Gasteiger partial charge in [0.1, 0.15) is 23.9 Å². The Bertz CT molecular complexity index is 1040. The van der Waals surface area contributed by atoms with E-state index in [4.69, 9.17) is 22.1 Å². The molecule has 3 heterocycles. The number of benzene rings is 1. The maximum Gasteiger partial charge on any atom is 0.132 e. The third-order valence-electron chi connectivity index (χ3n) is 3.93. The third-order valence-corrected chi connectivity index (χ3v) is 5.14. The summed E-state index contributed by atoms with van der Waals surface area (Å²) < 4.78 is 8.32. The highest BCUT2D eigenvalue weighted by molar-refractivity contribution is 7.16. The number of pyridine rings is 1. The molecular weight excluding hydrogens is 382 g/mol. The highest BCUT2D eigenvalue weighted by Crippen LogP contribution is 2.24. The summed E-state index contributed by atoms with van der Waals surface area (Å²) in [4.78, 5) is 5.17. The Kier molecular flexibility index (Phi) is 5.04. The highest BCUT2D eigenvalue weighted by atomic mass is 35.5. The molecule has 0 saturated heterocycles. The van der Waals surface area contributed by atoms with Crippen molar-refractivity contribution in [2.45, 2.75) is 13.2 Å². The van der Waals surface area contributed by atoms with Crippen LogP contribution >= 0.6 is 22.9 Å². The lowest BCUT2D eigenvalue weighted by Crippen LogP contribution is -2.00. The summed E-state index contributed by atoms with van der Waals surface area (Å²) in [6.45, 7) is 1.11. The van der Waals surface area contributed by atoms with Crippen LogP contribution in [-0.2, 0) is 13.2 Å². The van der Waals surface area contributed by atoms with Gasteiger partial charge in [-0.3, -0.25) is 0 Å². The quantitative estimate of drug-likeness (QED) is 0.525. The largest absolute Gasteiger partial charge is 0.488 e. The molecule has 136 valence electrons. The SMILES string of the molecule is Nc1ncccc1-c1cn(Cc2ccc(OCc3ccc(Cl)s3)cc2)nn1. The normalized spacial score (nSPS) is 10.9. The summed E-state index contributed by atoms with van der Waals surface area (Å²) in [6, 6.07) is 15.5. The van der Waals surface area contributed by atoms with E-state index in [9.17, 15) is 0 Å². The molecule has 0 fully saturated rings. The Labute approximate surface area is 165 Å². The number of thiophene rings is 1. The molecule has 27 heavy (non-hydrogen) atoms. The minimum Gasteiger partial charge on any atom is -0.488 e. The van der Waals surface area contributed by atoms with Crippen molar-refractivity contribution in [1.82, 2.24) is 20.0 Å². The van der Waals surface area contributed by atoms with Crippen LogP contribution in [0.15, 0.2) is 60.9 Å². The standard InChI is InChI=1S/C19H16ClN5OS/c20-18-8-7-15(27-18)12-26-14-5-3-13(4-6-14)10-25-11-17(23-24-25)16-2-1-9-22-19(16)21/h1-9,11H,10,12H2,(H2,21,22). The Morgan fingerprint density at radius 2 is 1.96 bits per heavy atom. The van der Waals surface area contributed by atoms with E-state index >= 15 is 0 Å². The molecule has 0 radical (unpaired) electrons. The number of nitrogen functional groups attached to an aromatic ring is 1. The van der Waals surface area contributed by atoms with E-state index in [0.29, 0.717) is 24.7 Å². The molecule has 0 amide bonds. The van der Waals surface area contributed by atoms with Crippen LogP contribution in [0.5, 0.6) is 5.75 Å². The zero-order chi connectivity index (χ0) is 18.6. The van der Waals surface area contributed by atoms with Crippen molar-refractivity contribution in [3.63, 3.8) is 0 Å². The fourth-order valence-corrected chi connectivity index (χ4v) is 3.60. The van der Waals surface area contributed by atoms with Gasteiger partial charge in [-0.1, -0.05) is 28.9 Å². The van der Waals surface area contributed by atoms with Gasteiger partial charge in [-0.25, -0.2) is 9.67 Å². The molecule has 4 aromatic rings. The van der Waals surface area contributed by atoms with Crippen molar-refractivity contribution in [1.29, 1.82) is 0 Å². The van der Waals surface area contributed by atoms with Crippen LogP contribution in [0.25, 0.3) is 11.3 Å². The molecule has 0 aliphatic rings. The van der Waals surface area contributed by atoms with Crippen molar-refractivity contribution in [3.8, 4) is 17.0 Å². The molecule has 0 unspecified atom stereocenters. The van der Waals surface area contributed by atoms with Crippen molar-refractivity contribution in [3.05, 3.63) is 75.7 Å². The number of hydrogen-bond acceptors (Lipinski definition) is 6. The van der Waals surface area contributed by atoms with Crippen molar-refractivity contribution < 1.29 is 4.74 Å². The van der Waals surface area contributed by atoms with Gasteiger partial charge in [-0.15, -0.1) is 16.4 Å². The van der Waals surface area contributed by atoms with Crippen LogP contribution in [0.4, 0.5) is 5.82 Å². The van der Waals surface area contributed by atoms with Crippen molar-refractivity contribution >= 4 is 28.8 Å². The molecular formula is C19H16ClN5OS. The number of rotatable bonds is 6. The minimum absolute atomic E-state index is 0.443. The summed E-state index contributed by atoms with van der Waals surface area (Å²) >= 11 is 7.45. The van der Waals surface area contributed by atoms with E-state index < -0.39 is 0 Å². The molecule has 0 aliphatic heterocycles. The minimum atomic E-state index is 0.443. The number of nitrogens with zero attached hydrogens (tertiary/aromatic N) is 4. The van der Waals surface area contributed by atoms with Gasteiger partial charge in [0.2, 0.25) is 0 Å². The average molecular weight is 398 g/mol. The summed E-state index contributed by atoms with van der Waals surface area (Å²) in [5, 5.41) is 8.36. The van der Waals surface area contributed by atoms with Gasteiger partial charge >= 0.3 is 0 Å². The maximum atomic E-state index is 5.93. The Morgan fingerprint density at radius 3 is 2.70 bits per heavy atom. The number of ether oxygens (including phenoxy) is 1. The van der Waals surface area contributed by atoms with Crippen LogP contribution in [-0.4, -0.2) is 20.0 Å². The lowest BCUT2D eigenvalue weighted by atomic mass is 10.2. The second-order valence-corrected chi connectivity index (χ2v) is 7.68. The number of halogens is 1. The zero-order valence-electron chi connectivity index (χ0n) is 14.2. The van der Waals surface area contributed by atoms with Gasteiger partial charge in [0, 0.05) is 16.6 Å². The lowest BCUT2D eigenvalue weighted by molar-refractivity contribution is 0.309. The van der Waals surface area contributed by atoms with E-state index in [1.165, 1.54) is 11.3 Å². The van der Waals surface area contributed by atoms with E-state index in [0.717, 1.165) is 26.1 Å².